The Morgan fingerprint density at radius 2 is 1.95 bits per heavy atom. The van der Waals surface area contributed by atoms with Crippen LogP contribution in [0.25, 0.3) is 0 Å². The Labute approximate surface area is 113 Å². The van der Waals surface area contributed by atoms with Gasteiger partial charge in [-0.1, -0.05) is 6.42 Å². The molecular formula is C11H20N2O5S. The topological polar surface area (TPSA) is 98.2 Å². The van der Waals surface area contributed by atoms with Crippen LogP contribution < -0.4 is 0 Å². The lowest BCUT2D eigenvalue weighted by atomic mass is 10.1. The minimum atomic E-state index is -3.81. The molecule has 0 aromatic carbocycles. The van der Waals surface area contributed by atoms with Crippen molar-refractivity contribution in [3.63, 3.8) is 0 Å². The molecule has 110 valence electrons. The maximum absolute atomic E-state index is 12.5. The Morgan fingerprint density at radius 3 is 2.53 bits per heavy atom. The van der Waals surface area contributed by atoms with Gasteiger partial charge in [0.05, 0.1) is 6.10 Å². The van der Waals surface area contributed by atoms with E-state index in [4.69, 9.17) is 5.11 Å². The highest BCUT2D eigenvalue weighted by Crippen LogP contribution is 2.28. The Morgan fingerprint density at radius 1 is 1.26 bits per heavy atom. The number of aliphatic hydroxyl groups excluding tert-OH is 1. The van der Waals surface area contributed by atoms with E-state index < -0.39 is 28.3 Å². The number of piperidine rings is 1. The molecule has 0 aromatic heterocycles. The first-order valence-corrected chi connectivity index (χ1v) is 7.93. The van der Waals surface area contributed by atoms with Gasteiger partial charge in [0.25, 0.3) is 10.2 Å². The molecule has 0 aromatic rings. The third-order valence-corrected chi connectivity index (χ3v) is 5.98. The number of aliphatic hydroxyl groups is 1. The van der Waals surface area contributed by atoms with Gasteiger partial charge in [-0.15, -0.1) is 0 Å². The van der Waals surface area contributed by atoms with Crippen molar-refractivity contribution < 1.29 is 23.4 Å². The van der Waals surface area contributed by atoms with E-state index in [1.54, 1.807) is 0 Å². The summed E-state index contributed by atoms with van der Waals surface area (Å²) in [5.74, 6) is -1.20. The lowest BCUT2D eigenvalue weighted by molar-refractivity contribution is -0.140. The van der Waals surface area contributed by atoms with Crippen LogP contribution in [-0.2, 0) is 15.0 Å². The molecule has 0 aliphatic carbocycles. The van der Waals surface area contributed by atoms with Crippen molar-refractivity contribution in [1.29, 1.82) is 0 Å². The van der Waals surface area contributed by atoms with Crippen molar-refractivity contribution in [2.75, 3.05) is 13.1 Å². The first-order chi connectivity index (χ1) is 8.84. The molecule has 19 heavy (non-hydrogen) atoms. The molecule has 1 unspecified atom stereocenters. The molecule has 2 heterocycles. The van der Waals surface area contributed by atoms with Gasteiger partial charge >= 0.3 is 5.97 Å². The van der Waals surface area contributed by atoms with Crippen molar-refractivity contribution in [3.8, 4) is 0 Å². The van der Waals surface area contributed by atoms with E-state index in [0.29, 0.717) is 6.54 Å². The molecule has 8 heteroatoms. The third-order valence-electron chi connectivity index (χ3n) is 3.85. The quantitative estimate of drug-likeness (QED) is 0.739. The van der Waals surface area contributed by atoms with Crippen LogP contribution in [-0.4, -0.2) is 64.5 Å². The Kier molecular flexibility index (Phi) is 4.14. The first kappa shape index (κ1) is 14.7. The highest BCUT2D eigenvalue weighted by atomic mass is 32.2. The van der Waals surface area contributed by atoms with Gasteiger partial charge in [-0.3, -0.25) is 4.79 Å². The fraction of sp³-hybridized carbons (Fsp3) is 0.909. The van der Waals surface area contributed by atoms with Gasteiger partial charge in [0.15, 0.2) is 0 Å². The predicted molar refractivity (Wildman–Crippen MR) is 67.7 cm³/mol. The number of aliphatic carboxylic acids is 1. The summed E-state index contributed by atoms with van der Waals surface area (Å²) >= 11 is 0. The molecule has 0 amide bonds. The summed E-state index contributed by atoms with van der Waals surface area (Å²) in [6.07, 6.45) is 1.61. The van der Waals surface area contributed by atoms with Crippen molar-refractivity contribution in [2.24, 2.45) is 0 Å². The Balaban J connectivity index is 2.25. The van der Waals surface area contributed by atoms with Crippen LogP contribution in [0, 0.1) is 0 Å². The molecule has 0 radical (unpaired) electrons. The molecule has 0 saturated carbocycles. The number of nitrogens with zero attached hydrogens (tertiary/aromatic N) is 2. The number of carboxylic acid groups (broad SMARTS) is 1. The minimum Gasteiger partial charge on any atom is -0.480 e. The highest BCUT2D eigenvalue weighted by Gasteiger charge is 2.46. The Hall–Kier alpha value is -0.700. The second kappa shape index (κ2) is 5.35. The number of rotatable bonds is 3. The summed E-state index contributed by atoms with van der Waals surface area (Å²) in [6, 6.07) is -1.28. The van der Waals surface area contributed by atoms with Crippen LogP contribution >= 0.6 is 0 Å². The van der Waals surface area contributed by atoms with Gasteiger partial charge in [0.2, 0.25) is 0 Å². The molecule has 0 bridgehead atoms. The molecule has 2 saturated heterocycles. The van der Waals surface area contributed by atoms with Crippen molar-refractivity contribution in [1.82, 2.24) is 8.61 Å². The molecule has 3 atom stereocenters. The smallest absolute Gasteiger partial charge is 0.322 e. The number of carboxylic acids is 1. The molecule has 2 aliphatic rings. The predicted octanol–water partition coefficient (Wildman–Crippen LogP) is -0.375. The SMILES string of the molecule is CC1CCCCN1S(=O)(=O)N1C[C@H](O)C[C@@H]1C(=O)O. The van der Waals surface area contributed by atoms with Crippen molar-refractivity contribution in [2.45, 2.75) is 50.8 Å². The van der Waals surface area contributed by atoms with Gasteiger partial charge in [-0.2, -0.15) is 17.0 Å². The lowest BCUT2D eigenvalue weighted by Crippen LogP contribution is -2.52. The molecule has 2 rings (SSSR count). The molecule has 0 spiro atoms. The minimum absolute atomic E-state index is 0.0449. The molecule has 7 nitrogen and oxygen atoms in total. The van der Waals surface area contributed by atoms with Gasteiger partial charge in [-0.25, -0.2) is 0 Å². The first-order valence-electron chi connectivity index (χ1n) is 6.53. The second-order valence-corrected chi connectivity index (χ2v) is 7.11. The fourth-order valence-electron chi connectivity index (χ4n) is 2.81. The van der Waals surface area contributed by atoms with Gasteiger partial charge < -0.3 is 10.2 Å². The summed E-state index contributed by atoms with van der Waals surface area (Å²) in [7, 11) is -3.81. The maximum atomic E-state index is 12.5. The zero-order chi connectivity index (χ0) is 14.2. The zero-order valence-corrected chi connectivity index (χ0v) is 11.7. The van der Waals surface area contributed by atoms with Gasteiger partial charge in [0, 0.05) is 25.6 Å². The van der Waals surface area contributed by atoms with E-state index in [1.165, 1.54) is 4.31 Å². The summed E-state index contributed by atoms with van der Waals surface area (Å²) in [5, 5.41) is 18.7. The summed E-state index contributed by atoms with van der Waals surface area (Å²) in [6.45, 7) is 2.12. The van der Waals surface area contributed by atoms with E-state index >= 15 is 0 Å². The van der Waals surface area contributed by atoms with Crippen LogP contribution in [0.5, 0.6) is 0 Å². The monoisotopic (exact) mass is 292 g/mol. The largest absolute Gasteiger partial charge is 0.480 e. The van der Waals surface area contributed by atoms with Crippen LogP contribution in [0.3, 0.4) is 0 Å². The van der Waals surface area contributed by atoms with E-state index in [0.717, 1.165) is 23.6 Å². The second-order valence-electron chi connectivity index (χ2n) is 5.28. The van der Waals surface area contributed by atoms with Crippen LogP contribution in [0.4, 0.5) is 0 Å². The summed E-state index contributed by atoms with van der Waals surface area (Å²) < 4.78 is 27.4. The van der Waals surface area contributed by atoms with Gasteiger partial charge in [0.1, 0.15) is 6.04 Å². The van der Waals surface area contributed by atoms with E-state index in [1.807, 2.05) is 6.92 Å². The highest BCUT2D eigenvalue weighted by molar-refractivity contribution is 7.86. The van der Waals surface area contributed by atoms with Crippen LogP contribution in [0.1, 0.15) is 32.6 Å². The summed E-state index contributed by atoms with van der Waals surface area (Å²) in [5.41, 5.74) is 0. The molecular weight excluding hydrogens is 272 g/mol. The molecule has 2 fully saturated rings. The van der Waals surface area contributed by atoms with Gasteiger partial charge in [-0.05, 0) is 19.8 Å². The number of hydrogen-bond acceptors (Lipinski definition) is 4. The van der Waals surface area contributed by atoms with Crippen LogP contribution in [0.2, 0.25) is 0 Å². The Bertz CT molecular complexity index is 452. The van der Waals surface area contributed by atoms with Crippen molar-refractivity contribution in [3.05, 3.63) is 0 Å². The maximum Gasteiger partial charge on any atom is 0.322 e. The zero-order valence-electron chi connectivity index (χ0n) is 10.9. The van der Waals surface area contributed by atoms with E-state index in [2.05, 4.69) is 0 Å². The van der Waals surface area contributed by atoms with Crippen LogP contribution in [0.15, 0.2) is 0 Å². The lowest BCUT2D eigenvalue weighted by Gasteiger charge is -2.36. The number of β-amino-alcohol motifs (C(OH)–C–C–N with tert-alkyl or cyclic N) is 1. The average molecular weight is 292 g/mol. The average Bonchev–Trinajstić information content (AvgIpc) is 2.72. The van der Waals surface area contributed by atoms with E-state index in [9.17, 15) is 18.3 Å². The number of carbonyl (C=O) groups is 1. The fourth-order valence-corrected chi connectivity index (χ4v) is 4.86. The molecule has 2 N–H and O–H groups in total. The van der Waals surface area contributed by atoms with Crippen molar-refractivity contribution >= 4 is 16.2 Å². The normalized spacial score (nSPS) is 34.5. The molecule has 2 aliphatic heterocycles. The third kappa shape index (κ3) is 2.76. The summed E-state index contributed by atoms with van der Waals surface area (Å²) in [4.78, 5) is 11.1. The van der Waals surface area contributed by atoms with E-state index in [-0.39, 0.29) is 19.0 Å². The number of hydrogen-bond donors (Lipinski definition) is 2. The standard InChI is InChI=1S/C11H20N2O5S/c1-8-4-2-3-5-12(8)19(17,18)13-7-9(14)6-10(13)11(15)16/h8-10,14H,2-7H2,1H3,(H,15,16)/t8?,9-,10-/m1/s1.